The van der Waals surface area contributed by atoms with E-state index in [9.17, 15) is 14.4 Å². The first-order valence-electron chi connectivity index (χ1n) is 7.83. The number of carboxylic acids is 2. The Morgan fingerprint density at radius 3 is 2.42 bits per heavy atom. The molecule has 0 spiro atoms. The lowest BCUT2D eigenvalue weighted by Gasteiger charge is -2.40. The number of ketones is 1. The maximum absolute atomic E-state index is 12.0. The fourth-order valence-electron chi connectivity index (χ4n) is 3.33. The number of benzene rings is 1. The Balaban J connectivity index is 0.000000224. The summed E-state index contributed by atoms with van der Waals surface area (Å²) in [7, 11) is 2.18. The van der Waals surface area contributed by atoms with Crippen LogP contribution in [0.3, 0.4) is 0 Å². The average molecular weight is 331 g/mol. The quantitative estimate of drug-likeness (QED) is 0.805. The van der Waals surface area contributed by atoms with E-state index in [0.717, 1.165) is 25.1 Å². The van der Waals surface area contributed by atoms with Gasteiger partial charge in [-0.15, -0.1) is 0 Å². The highest BCUT2D eigenvalue weighted by Crippen LogP contribution is 2.40. The summed E-state index contributed by atoms with van der Waals surface area (Å²) in [5.74, 6) is -1.01. The number of carboxylic acid groups (broad SMARTS) is 2. The fraction of sp³-hybridized carbons (Fsp3) is 0.389. The van der Waals surface area contributed by atoms with Gasteiger partial charge in [-0.05, 0) is 31.5 Å². The minimum atomic E-state index is -1.26. The first-order chi connectivity index (χ1) is 11.4. The van der Waals surface area contributed by atoms with Crippen LogP contribution in [-0.4, -0.2) is 53.0 Å². The van der Waals surface area contributed by atoms with Crippen molar-refractivity contribution in [3.63, 3.8) is 0 Å². The molecule has 1 aliphatic carbocycles. The fourth-order valence-corrected chi connectivity index (χ4v) is 3.33. The number of aliphatic carboxylic acids is 2. The Morgan fingerprint density at radius 1 is 1.17 bits per heavy atom. The number of carbonyl (C=O) groups is 3. The van der Waals surface area contributed by atoms with E-state index in [1.165, 1.54) is 12.0 Å². The van der Waals surface area contributed by atoms with Gasteiger partial charge in [-0.25, -0.2) is 9.59 Å². The van der Waals surface area contributed by atoms with Crippen molar-refractivity contribution in [1.29, 1.82) is 0 Å². The summed E-state index contributed by atoms with van der Waals surface area (Å²) in [6.07, 6.45) is 3.04. The minimum Gasteiger partial charge on any atom is -0.478 e. The molecular weight excluding hydrogens is 310 g/mol. The van der Waals surface area contributed by atoms with E-state index in [4.69, 9.17) is 10.2 Å². The van der Waals surface area contributed by atoms with Gasteiger partial charge in [0.25, 0.3) is 0 Å². The second-order valence-electron chi connectivity index (χ2n) is 6.14. The molecule has 6 nitrogen and oxygen atoms in total. The first-order valence-corrected chi connectivity index (χ1v) is 7.83. The third-order valence-corrected chi connectivity index (χ3v) is 4.44. The predicted molar refractivity (Wildman–Crippen MR) is 88.1 cm³/mol. The molecule has 24 heavy (non-hydrogen) atoms. The number of hydrogen-bond acceptors (Lipinski definition) is 4. The number of piperidine rings is 1. The molecule has 0 unspecified atom stereocenters. The minimum absolute atomic E-state index is 0.349. The molecule has 2 N–H and O–H groups in total. The van der Waals surface area contributed by atoms with Crippen molar-refractivity contribution < 1.29 is 24.6 Å². The second-order valence-corrected chi connectivity index (χ2v) is 6.14. The SMILES string of the molecule is CN1CC[C@@H]2CC(=O)c3ccccc3[C@@H]2C1.O=C(O)/C=C/C(=O)O. The Morgan fingerprint density at radius 2 is 1.79 bits per heavy atom. The summed E-state index contributed by atoms with van der Waals surface area (Å²) >= 11 is 0. The smallest absolute Gasteiger partial charge is 0.328 e. The van der Waals surface area contributed by atoms with E-state index in [0.29, 0.717) is 29.8 Å². The molecule has 1 fully saturated rings. The van der Waals surface area contributed by atoms with Crippen molar-refractivity contribution in [3.8, 4) is 0 Å². The second kappa shape index (κ2) is 7.88. The Bertz CT molecular complexity index is 651. The molecule has 0 bridgehead atoms. The summed E-state index contributed by atoms with van der Waals surface area (Å²) in [4.78, 5) is 33.5. The van der Waals surface area contributed by atoms with Gasteiger partial charge in [-0.3, -0.25) is 4.79 Å². The largest absolute Gasteiger partial charge is 0.478 e. The van der Waals surface area contributed by atoms with Crippen LogP contribution in [0.25, 0.3) is 0 Å². The zero-order valence-corrected chi connectivity index (χ0v) is 13.5. The van der Waals surface area contributed by atoms with Crippen LogP contribution >= 0.6 is 0 Å². The topological polar surface area (TPSA) is 94.9 Å². The molecule has 6 heteroatoms. The van der Waals surface area contributed by atoms with Crippen molar-refractivity contribution in [2.45, 2.75) is 18.8 Å². The standard InChI is InChI=1S/C14H17NO.C4H4O4/c1-15-7-6-10-8-14(16)12-5-3-2-4-11(12)13(10)9-15;5-3(6)1-2-4(7)8/h2-5,10,13H,6-9H2,1H3;1-2H,(H,5,6)(H,7,8)/b;2-1+/t10-,13-;/m1./s1. The van der Waals surface area contributed by atoms with Gasteiger partial charge in [-0.1, -0.05) is 24.3 Å². The van der Waals surface area contributed by atoms with Crippen LogP contribution in [-0.2, 0) is 9.59 Å². The highest BCUT2D eigenvalue weighted by atomic mass is 16.4. The molecule has 0 amide bonds. The van der Waals surface area contributed by atoms with Gasteiger partial charge in [-0.2, -0.15) is 0 Å². The molecule has 2 aliphatic rings. The van der Waals surface area contributed by atoms with Crippen LogP contribution in [0.5, 0.6) is 0 Å². The normalized spacial score (nSPS) is 23.0. The van der Waals surface area contributed by atoms with E-state index in [1.54, 1.807) is 0 Å². The van der Waals surface area contributed by atoms with Gasteiger partial charge in [0.1, 0.15) is 0 Å². The van der Waals surface area contributed by atoms with Gasteiger partial charge in [0.2, 0.25) is 0 Å². The van der Waals surface area contributed by atoms with Crippen LogP contribution in [0, 0.1) is 5.92 Å². The van der Waals surface area contributed by atoms with Crippen LogP contribution in [0.2, 0.25) is 0 Å². The monoisotopic (exact) mass is 331 g/mol. The maximum atomic E-state index is 12.0. The first kappa shape index (κ1) is 17.9. The molecule has 0 radical (unpaired) electrons. The lowest BCUT2D eigenvalue weighted by Crippen LogP contribution is -2.40. The van der Waals surface area contributed by atoms with E-state index in [1.807, 2.05) is 12.1 Å². The van der Waals surface area contributed by atoms with Gasteiger partial charge in [0, 0.05) is 36.6 Å². The van der Waals surface area contributed by atoms with Crippen molar-refractivity contribution in [2.75, 3.05) is 20.1 Å². The van der Waals surface area contributed by atoms with E-state index < -0.39 is 11.9 Å². The van der Waals surface area contributed by atoms with Crippen molar-refractivity contribution >= 4 is 17.7 Å². The third kappa shape index (κ3) is 4.52. The number of Topliss-reactive ketones (excluding diaryl/α,β-unsaturated/α-hetero) is 1. The molecular formula is C18H21NO5. The van der Waals surface area contributed by atoms with Gasteiger partial charge in [0.15, 0.2) is 5.78 Å². The van der Waals surface area contributed by atoms with Crippen molar-refractivity contribution in [3.05, 3.63) is 47.5 Å². The molecule has 1 aromatic rings. The van der Waals surface area contributed by atoms with Gasteiger partial charge < -0.3 is 15.1 Å². The molecule has 128 valence electrons. The van der Waals surface area contributed by atoms with Crippen molar-refractivity contribution in [1.82, 2.24) is 4.90 Å². The van der Waals surface area contributed by atoms with E-state index in [2.05, 4.69) is 24.1 Å². The predicted octanol–water partition coefficient (Wildman–Crippen LogP) is 2.02. The number of rotatable bonds is 2. The number of likely N-dealkylation sites (tertiary alicyclic amines) is 1. The highest BCUT2D eigenvalue weighted by Gasteiger charge is 2.36. The summed E-state index contributed by atoms with van der Waals surface area (Å²) in [5.41, 5.74) is 2.26. The average Bonchev–Trinajstić information content (AvgIpc) is 2.55. The van der Waals surface area contributed by atoms with Crippen LogP contribution in [0.4, 0.5) is 0 Å². The number of hydrogen-bond donors (Lipinski definition) is 2. The summed E-state index contributed by atoms with van der Waals surface area (Å²) in [6.45, 7) is 2.24. The zero-order chi connectivity index (χ0) is 17.7. The third-order valence-electron chi connectivity index (χ3n) is 4.44. The molecule has 0 saturated carbocycles. The molecule has 0 aromatic heterocycles. The number of nitrogens with zero attached hydrogens (tertiary/aromatic N) is 1. The Hall–Kier alpha value is -2.47. The summed E-state index contributed by atoms with van der Waals surface area (Å²) in [6, 6.07) is 8.17. The maximum Gasteiger partial charge on any atom is 0.328 e. The lowest BCUT2D eigenvalue weighted by atomic mass is 9.71. The van der Waals surface area contributed by atoms with E-state index >= 15 is 0 Å². The molecule has 2 atom stereocenters. The zero-order valence-electron chi connectivity index (χ0n) is 13.5. The highest BCUT2D eigenvalue weighted by molar-refractivity contribution is 5.99. The molecule has 1 aliphatic heterocycles. The number of carbonyl (C=O) groups excluding carboxylic acids is 1. The van der Waals surface area contributed by atoms with Gasteiger partial charge in [0.05, 0.1) is 0 Å². The number of likely N-dealkylation sites (N-methyl/N-ethyl adjacent to an activating group) is 1. The lowest BCUT2D eigenvalue weighted by molar-refractivity contribution is -0.134. The van der Waals surface area contributed by atoms with E-state index in [-0.39, 0.29) is 0 Å². The van der Waals surface area contributed by atoms with Crippen LogP contribution in [0.1, 0.15) is 34.7 Å². The summed E-state index contributed by atoms with van der Waals surface area (Å²) in [5, 5.41) is 15.6. The van der Waals surface area contributed by atoms with Gasteiger partial charge >= 0.3 is 11.9 Å². The van der Waals surface area contributed by atoms with Crippen molar-refractivity contribution in [2.24, 2.45) is 5.92 Å². The number of fused-ring (bicyclic) bond motifs is 3. The molecule has 1 saturated heterocycles. The van der Waals surface area contributed by atoms with Crippen LogP contribution < -0.4 is 0 Å². The summed E-state index contributed by atoms with van der Waals surface area (Å²) < 4.78 is 0. The Labute approximate surface area is 140 Å². The molecule has 1 heterocycles. The molecule has 3 rings (SSSR count). The Kier molecular flexibility index (Phi) is 5.87. The molecule has 1 aromatic carbocycles. The van der Waals surface area contributed by atoms with Crippen LogP contribution in [0.15, 0.2) is 36.4 Å².